The molecule has 0 aromatic heterocycles. The first-order valence-electron chi connectivity index (χ1n) is 5.95. The molecular weight excluding hydrogens is 176 g/mol. The van der Waals surface area contributed by atoms with E-state index in [0.717, 1.165) is 32.2 Å². The molecule has 0 amide bonds. The fraction of sp³-hybridized carbons (Fsp3) is 1.00. The molecular formula is C11H22N2O. The Balaban J connectivity index is 1.63. The first-order chi connectivity index (χ1) is 6.92. The van der Waals surface area contributed by atoms with Gasteiger partial charge in [0.2, 0.25) is 0 Å². The molecule has 1 unspecified atom stereocenters. The number of rotatable bonds is 6. The lowest BCUT2D eigenvalue weighted by Gasteiger charge is -2.23. The van der Waals surface area contributed by atoms with Crippen LogP contribution in [0.4, 0.5) is 0 Å². The minimum atomic E-state index is 0.709. The molecule has 82 valence electrons. The second-order valence-corrected chi connectivity index (χ2v) is 4.48. The van der Waals surface area contributed by atoms with Gasteiger partial charge in [-0.1, -0.05) is 0 Å². The summed E-state index contributed by atoms with van der Waals surface area (Å²) in [5.41, 5.74) is 5.42. The molecule has 1 heterocycles. The molecule has 0 aromatic carbocycles. The van der Waals surface area contributed by atoms with Crippen LogP contribution in [0.25, 0.3) is 0 Å². The maximum atomic E-state index is 5.64. The lowest BCUT2D eigenvalue weighted by Crippen LogP contribution is -2.35. The van der Waals surface area contributed by atoms with Crippen molar-refractivity contribution in [1.29, 1.82) is 0 Å². The summed E-state index contributed by atoms with van der Waals surface area (Å²) >= 11 is 0. The molecule has 2 N–H and O–H groups in total. The number of ether oxygens (including phenoxy) is 1. The Bertz CT molecular complexity index is 171. The van der Waals surface area contributed by atoms with Crippen molar-refractivity contribution in [1.82, 2.24) is 4.90 Å². The van der Waals surface area contributed by atoms with Gasteiger partial charge in [-0.15, -0.1) is 0 Å². The third kappa shape index (κ3) is 2.69. The zero-order valence-corrected chi connectivity index (χ0v) is 8.95. The molecule has 2 fully saturated rings. The van der Waals surface area contributed by atoms with E-state index < -0.39 is 0 Å². The molecule has 0 aromatic rings. The highest BCUT2D eigenvalue weighted by Crippen LogP contribution is 2.33. The minimum Gasteiger partial charge on any atom is -0.380 e. The number of nitrogens with zero attached hydrogens (tertiary/aromatic N) is 1. The van der Waals surface area contributed by atoms with E-state index in [9.17, 15) is 0 Å². The predicted molar refractivity (Wildman–Crippen MR) is 57.2 cm³/mol. The molecule has 1 saturated carbocycles. The van der Waals surface area contributed by atoms with Gasteiger partial charge in [-0.3, -0.25) is 4.90 Å². The Morgan fingerprint density at radius 3 is 2.86 bits per heavy atom. The zero-order valence-electron chi connectivity index (χ0n) is 8.95. The molecule has 3 nitrogen and oxygen atoms in total. The van der Waals surface area contributed by atoms with Crippen LogP contribution < -0.4 is 5.73 Å². The van der Waals surface area contributed by atoms with Crippen LogP contribution in [0.2, 0.25) is 0 Å². The Hall–Kier alpha value is -0.120. The van der Waals surface area contributed by atoms with E-state index in [1.54, 1.807) is 0 Å². The molecule has 1 atom stereocenters. The van der Waals surface area contributed by atoms with Crippen LogP contribution in [-0.4, -0.2) is 43.3 Å². The van der Waals surface area contributed by atoms with E-state index in [4.69, 9.17) is 10.5 Å². The molecule has 0 bridgehead atoms. The van der Waals surface area contributed by atoms with Gasteiger partial charge in [0, 0.05) is 18.7 Å². The van der Waals surface area contributed by atoms with Gasteiger partial charge in [0.1, 0.15) is 0 Å². The zero-order chi connectivity index (χ0) is 9.80. The van der Waals surface area contributed by atoms with Crippen molar-refractivity contribution in [2.75, 3.05) is 26.3 Å². The van der Waals surface area contributed by atoms with Crippen LogP contribution in [0.15, 0.2) is 0 Å². The minimum absolute atomic E-state index is 0.709. The van der Waals surface area contributed by atoms with Gasteiger partial charge < -0.3 is 10.5 Å². The summed E-state index contributed by atoms with van der Waals surface area (Å²) in [5, 5.41) is 0. The molecule has 0 radical (unpaired) electrons. The molecule has 3 heteroatoms. The van der Waals surface area contributed by atoms with E-state index in [-0.39, 0.29) is 0 Å². The largest absolute Gasteiger partial charge is 0.380 e. The number of likely N-dealkylation sites (tertiary alicyclic amines) is 1. The average Bonchev–Trinajstić information content (AvgIpc) is 2.94. The standard InChI is InChI=1S/C11H22N2O/c12-6-2-8-14-9-11-3-1-7-13(11)10-4-5-10/h10-11H,1-9,12H2. The van der Waals surface area contributed by atoms with Gasteiger partial charge in [-0.25, -0.2) is 0 Å². The molecule has 2 rings (SSSR count). The quantitative estimate of drug-likeness (QED) is 0.647. The van der Waals surface area contributed by atoms with Crippen molar-refractivity contribution in [2.24, 2.45) is 5.73 Å². The summed E-state index contributed by atoms with van der Waals surface area (Å²) in [6, 6.07) is 1.61. The normalized spacial score (nSPS) is 28.5. The Morgan fingerprint density at radius 1 is 1.29 bits per heavy atom. The van der Waals surface area contributed by atoms with Gasteiger partial charge >= 0.3 is 0 Å². The second kappa shape index (κ2) is 5.10. The van der Waals surface area contributed by atoms with Gasteiger partial charge in [0.25, 0.3) is 0 Å². The smallest absolute Gasteiger partial charge is 0.0621 e. The molecule has 0 spiro atoms. The average molecular weight is 198 g/mol. The highest BCUT2D eigenvalue weighted by Gasteiger charge is 2.36. The summed E-state index contributed by atoms with van der Waals surface area (Å²) < 4.78 is 5.64. The Labute approximate surface area is 86.6 Å². The van der Waals surface area contributed by atoms with Crippen LogP contribution in [0, 0.1) is 0 Å². The SMILES string of the molecule is NCCCOCC1CCCN1C1CC1. The van der Waals surface area contributed by atoms with Crippen LogP contribution in [0.3, 0.4) is 0 Å². The summed E-state index contributed by atoms with van der Waals surface area (Å²) in [5.74, 6) is 0. The van der Waals surface area contributed by atoms with Gasteiger partial charge in [0.15, 0.2) is 0 Å². The summed E-state index contributed by atoms with van der Waals surface area (Å²) in [6.07, 6.45) is 6.52. The first-order valence-corrected chi connectivity index (χ1v) is 5.95. The van der Waals surface area contributed by atoms with E-state index in [2.05, 4.69) is 4.90 Å². The van der Waals surface area contributed by atoms with Crippen LogP contribution in [-0.2, 0) is 4.74 Å². The van der Waals surface area contributed by atoms with Crippen molar-refractivity contribution in [3.63, 3.8) is 0 Å². The van der Waals surface area contributed by atoms with E-state index in [1.807, 2.05) is 0 Å². The third-order valence-corrected chi connectivity index (χ3v) is 3.24. The number of hydrogen-bond acceptors (Lipinski definition) is 3. The van der Waals surface area contributed by atoms with E-state index >= 15 is 0 Å². The highest BCUT2D eigenvalue weighted by atomic mass is 16.5. The van der Waals surface area contributed by atoms with Gasteiger partial charge in [-0.2, -0.15) is 0 Å². The third-order valence-electron chi connectivity index (χ3n) is 3.24. The second-order valence-electron chi connectivity index (χ2n) is 4.48. The fourth-order valence-corrected chi connectivity index (χ4v) is 2.33. The van der Waals surface area contributed by atoms with E-state index in [1.165, 1.54) is 32.2 Å². The molecule has 1 aliphatic carbocycles. The fourth-order valence-electron chi connectivity index (χ4n) is 2.33. The monoisotopic (exact) mass is 198 g/mol. The molecule has 1 saturated heterocycles. The van der Waals surface area contributed by atoms with Crippen molar-refractivity contribution in [3.8, 4) is 0 Å². The van der Waals surface area contributed by atoms with Crippen molar-refractivity contribution in [2.45, 2.75) is 44.2 Å². The van der Waals surface area contributed by atoms with Crippen LogP contribution >= 0.6 is 0 Å². The molecule has 14 heavy (non-hydrogen) atoms. The lowest BCUT2D eigenvalue weighted by atomic mass is 10.2. The Kier molecular flexibility index (Phi) is 3.79. The van der Waals surface area contributed by atoms with Crippen molar-refractivity contribution in [3.05, 3.63) is 0 Å². The maximum absolute atomic E-state index is 5.64. The van der Waals surface area contributed by atoms with Gasteiger partial charge in [-0.05, 0) is 45.2 Å². The highest BCUT2D eigenvalue weighted by molar-refractivity contribution is 4.92. The Morgan fingerprint density at radius 2 is 2.14 bits per heavy atom. The molecule has 1 aliphatic heterocycles. The summed E-state index contributed by atoms with van der Waals surface area (Å²) in [6.45, 7) is 3.81. The lowest BCUT2D eigenvalue weighted by molar-refractivity contribution is 0.0736. The van der Waals surface area contributed by atoms with Crippen LogP contribution in [0.5, 0.6) is 0 Å². The topological polar surface area (TPSA) is 38.5 Å². The summed E-state index contributed by atoms with van der Waals surface area (Å²) in [7, 11) is 0. The summed E-state index contributed by atoms with van der Waals surface area (Å²) in [4.78, 5) is 2.66. The molecule has 2 aliphatic rings. The van der Waals surface area contributed by atoms with E-state index in [0.29, 0.717) is 6.04 Å². The number of nitrogens with two attached hydrogens (primary N) is 1. The maximum Gasteiger partial charge on any atom is 0.0621 e. The van der Waals surface area contributed by atoms with Crippen molar-refractivity contribution < 1.29 is 4.74 Å². The number of hydrogen-bond donors (Lipinski definition) is 1. The first kappa shape index (κ1) is 10.4. The van der Waals surface area contributed by atoms with Gasteiger partial charge in [0.05, 0.1) is 6.61 Å². The van der Waals surface area contributed by atoms with Crippen LogP contribution in [0.1, 0.15) is 32.1 Å². The predicted octanol–water partition coefficient (Wildman–Crippen LogP) is 0.979. The van der Waals surface area contributed by atoms with Crippen molar-refractivity contribution >= 4 is 0 Å².